The number of hydrogen-bond donors (Lipinski definition) is 3. The first-order chi connectivity index (χ1) is 22.1. The number of carbonyl (C=O) groups is 2. The van der Waals surface area contributed by atoms with Crippen LogP contribution in [0.4, 0.5) is 4.79 Å². The number of aliphatic hydroxyl groups excluding tert-OH is 1. The van der Waals surface area contributed by atoms with Gasteiger partial charge in [0.05, 0.1) is 18.8 Å². The third-order valence-corrected chi connectivity index (χ3v) is 8.38. The molecule has 0 radical (unpaired) electrons. The van der Waals surface area contributed by atoms with E-state index in [9.17, 15) is 14.7 Å². The highest BCUT2D eigenvalue weighted by Gasteiger charge is 2.39. The Balaban J connectivity index is 1.35. The molecule has 3 aromatic carbocycles. The van der Waals surface area contributed by atoms with Crippen molar-refractivity contribution in [1.29, 1.82) is 0 Å². The molecule has 0 unspecified atom stereocenters. The number of amides is 2. The smallest absolute Gasteiger partial charge is 0.323 e. The fraction of sp³-hybridized carbons (Fsp3) is 0.459. The van der Waals surface area contributed by atoms with Gasteiger partial charge < -0.3 is 30.0 Å². The average molecular weight is 630 g/mol. The standard InChI is InChI=1S/C37H47N3O6/c1-5-38-36(43)39-22-29-9-6-7-10-31(29)26-16-18-28(19-17-26)35-44-30(21-33(45-35)27-14-12-25(24-41)13-15-27)23-40-20-8-11-32(40)34(42)46-37(2,3)4/h6-7,9-10,12-19,30,32-33,35,41H,5,8,11,20-24H2,1-4H3,(H2,38,39,43)/t30-,32+,33+,35+/m1/s1. The first kappa shape index (κ1) is 33.6. The minimum absolute atomic E-state index is 0.0152. The van der Waals surface area contributed by atoms with Crippen molar-refractivity contribution in [3.05, 3.63) is 95.1 Å². The first-order valence-electron chi connectivity index (χ1n) is 16.3. The highest BCUT2D eigenvalue weighted by molar-refractivity contribution is 5.76. The Bertz CT molecular complexity index is 1450. The van der Waals surface area contributed by atoms with Gasteiger partial charge in [0.2, 0.25) is 0 Å². The van der Waals surface area contributed by atoms with E-state index in [1.54, 1.807) is 0 Å². The van der Waals surface area contributed by atoms with Gasteiger partial charge in [-0.15, -0.1) is 0 Å². The Morgan fingerprint density at radius 2 is 1.67 bits per heavy atom. The molecule has 2 saturated heterocycles. The van der Waals surface area contributed by atoms with Gasteiger partial charge in [-0.05, 0) is 74.9 Å². The molecule has 3 N–H and O–H groups in total. The molecule has 5 rings (SSSR count). The van der Waals surface area contributed by atoms with Crippen LogP contribution in [0.3, 0.4) is 0 Å². The second kappa shape index (κ2) is 15.2. The molecule has 2 aliphatic heterocycles. The molecule has 9 heteroatoms. The Morgan fingerprint density at radius 1 is 0.957 bits per heavy atom. The lowest BCUT2D eigenvalue weighted by Crippen LogP contribution is -2.45. The number of nitrogens with one attached hydrogen (secondary N) is 2. The molecule has 2 fully saturated rings. The molecule has 2 heterocycles. The van der Waals surface area contributed by atoms with Crippen molar-refractivity contribution in [2.24, 2.45) is 0 Å². The summed E-state index contributed by atoms with van der Waals surface area (Å²) in [5.41, 5.74) is 5.31. The van der Waals surface area contributed by atoms with Gasteiger partial charge in [-0.25, -0.2) is 4.79 Å². The van der Waals surface area contributed by atoms with Crippen molar-refractivity contribution in [2.75, 3.05) is 19.6 Å². The van der Waals surface area contributed by atoms with Gasteiger partial charge in [0.15, 0.2) is 6.29 Å². The molecule has 4 atom stereocenters. The van der Waals surface area contributed by atoms with E-state index < -0.39 is 11.9 Å². The van der Waals surface area contributed by atoms with Crippen LogP contribution in [0.1, 0.15) is 81.6 Å². The molecule has 2 aliphatic rings. The number of ether oxygens (including phenoxy) is 3. The fourth-order valence-corrected chi connectivity index (χ4v) is 6.15. The normalized spacial score (nSPS) is 21.9. The lowest BCUT2D eigenvalue weighted by Gasteiger charge is -2.38. The highest BCUT2D eigenvalue weighted by atomic mass is 16.7. The molecule has 0 aliphatic carbocycles. The van der Waals surface area contributed by atoms with Crippen LogP contribution < -0.4 is 10.6 Å². The number of carbonyl (C=O) groups excluding carboxylic acids is 2. The van der Waals surface area contributed by atoms with E-state index in [0.29, 0.717) is 26.1 Å². The lowest BCUT2D eigenvalue weighted by molar-refractivity contribution is -0.253. The molecule has 246 valence electrons. The summed E-state index contributed by atoms with van der Waals surface area (Å²) in [6, 6.07) is 23.6. The molecule has 0 aromatic heterocycles. The van der Waals surface area contributed by atoms with Gasteiger partial charge in [-0.3, -0.25) is 9.69 Å². The van der Waals surface area contributed by atoms with Crippen molar-refractivity contribution in [1.82, 2.24) is 15.5 Å². The Morgan fingerprint density at radius 3 is 2.37 bits per heavy atom. The maximum absolute atomic E-state index is 13.0. The first-order valence-corrected chi connectivity index (χ1v) is 16.3. The summed E-state index contributed by atoms with van der Waals surface area (Å²) in [6.45, 7) is 9.96. The highest BCUT2D eigenvalue weighted by Crippen LogP contribution is 2.39. The van der Waals surface area contributed by atoms with Crippen LogP contribution in [0.2, 0.25) is 0 Å². The topological polar surface area (TPSA) is 109 Å². The third-order valence-electron chi connectivity index (χ3n) is 8.38. The summed E-state index contributed by atoms with van der Waals surface area (Å²) in [7, 11) is 0. The third kappa shape index (κ3) is 8.73. The second-order valence-corrected chi connectivity index (χ2v) is 13.0. The van der Waals surface area contributed by atoms with Gasteiger partial charge in [0.1, 0.15) is 11.6 Å². The van der Waals surface area contributed by atoms with Gasteiger partial charge in [-0.2, -0.15) is 0 Å². The lowest BCUT2D eigenvalue weighted by atomic mass is 9.97. The number of nitrogens with zero attached hydrogens (tertiary/aromatic N) is 1. The van der Waals surface area contributed by atoms with Crippen LogP contribution in [0.5, 0.6) is 0 Å². The number of esters is 1. The zero-order chi connectivity index (χ0) is 32.7. The number of likely N-dealkylation sites (tertiary alicyclic amines) is 1. The molecule has 9 nitrogen and oxygen atoms in total. The van der Waals surface area contributed by atoms with Crippen LogP contribution in [0.15, 0.2) is 72.8 Å². The predicted molar refractivity (Wildman–Crippen MR) is 177 cm³/mol. The van der Waals surface area contributed by atoms with E-state index in [1.807, 2.05) is 82.3 Å². The SMILES string of the molecule is CCNC(=O)NCc1ccccc1-c1ccc([C@H]2O[C@@H](CN3CCC[C@H]3C(=O)OC(C)(C)C)C[C@@H](c3ccc(CO)cc3)O2)cc1. The minimum atomic E-state index is -0.604. The van der Waals surface area contributed by atoms with E-state index in [2.05, 4.69) is 33.7 Å². The summed E-state index contributed by atoms with van der Waals surface area (Å²) in [4.78, 5) is 27.2. The van der Waals surface area contributed by atoms with Crippen LogP contribution >= 0.6 is 0 Å². The minimum Gasteiger partial charge on any atom is -0.459 e. The molecule has 0 saturated carbocycles. The van der Waals surface area contributed by atoms with Crippen molar-refractivity contribution in [3.8, 4) is 11.1 Å². The maximum Gasteiger partial charge on any atom is 0.323 e. The van der Waals surface area contributed by atoms with Crippen molar-refractivity contribution in [3.63, 3.8) is 0 Å². The molecule has 3 aromatic rings. The molecular formula is C37H47N3O6. The quantitative estimate of drug-likeness (QED) is 0.236. The Kier molecular flexibility index (Phi) is 11.1. The zero-order valence-electron chi connectivity index (χ0n) is 27.3. The Labute approximate surface area is 272 Å². The van der Waals surface area contributed by atoms with Crippen LogP contribution in [-0.4, -0.2) is 59.4 Å². The fourth-order valence-electron chi connectivity index (χ4n) is 6.15. The van der Waals surface area contributed by atoms with E-state index in [1.165, 1.54) is 0 Å². The van der Waals surface area contributed by atoms with Gasteiger partial charge in [0.25, 0.3) is 0 Å². The number of urea groups is 1. The summed E-state index contributed by atoms with van der Waals surface area (Å²) >= 11 is 0. The van der Waals surface area contributed by atoms with Crippen LogP contribution in [0, 0.1) is 0 Å². The number of aliphatic hydroxyl groups is 1. The number of rotatable bonds is 10. The second-order valence-electron chi connectivity index (χ2n) is 13.0. The largest absolute Gasteiger partial charge is 0.459 e. The van der Waals surface area contributed by atoms with E-state index >= 15 is 0 Å². The van der Waals surface area contributed by atoms with Crippen molar-refractivity contribution >= 4 is 12.0 Å². The zero-order valence-corrected chi connectivity index (χ0v) is 27.3. The van der Waals surface area contributed by atoms with Crippen LogP contribution in [-0.2, 0) is 32.2 Å². The van der Waals surface area contributed by atoms with Crippen molar-refractivity contribution in [2.45, 2.75) is 90.2 Å². The summed E-state index contributed by atoms with van der Waals surface area (Å²) < 4.78 is 18.9. The van der Waals surface area contributed by atoms with Gasteiger partial charge in [-0.1, -0.05) is 72.8 Å². The average Bonchev–Trinajstić information content (AvgIpc) is 3.51. The number of hydrogen-bond acceptors (Lipinski definition) is 7. The van der Waals surface area contributed by atoms with Crippen molar-refractivity contribution < 1.29 is 28.9 Å². The summed E-state index contributed by atoms with van der Waals surface area (Å²) in [5.74, 6) is -0.179. The van der Waals surface area contributed by atoms with Gasteiger partial charge in [0, 0.05) is 31.6 Å². The predicted octanol–water partition coefficient (Wildman–Crippen LogP) is 6.02. The summed E-state index contributed by atoms with van der Waals surface area (Å²) in [6.07, 6.45) is 1.34. The number of benzene rings is 3. The molecule has 0 bridgehead atoms. The molecule has 46 heavy (non-hydrogen) atoms. The monoisotopic (exact) mass is 629 g/mol. The van der Waals surface area contributed by atoms with Gasteiger partial charge >= 0.3 is 12.0 Å². The van der Waals surface area contributed by atoms with E-state index in [4.69, 9.17) is 14.2 Å². The summed E-state index contributed by atoms with van der Waals surface area (Å²) in [5, 5.41) is 15.2. The molecule has 2 amide bonds. The van der Waals surface area contributed by atoms with E-state index in [-0.39, 0.29) is 36.9 Å². The Hall–Kier alpha value is -3.76. The van der Waals surface area contributed by atoms with E-state index in [0.717, 1.165) is 52.8 Å². The molecular weight excluding hydrogens is 582 g/mol. The van der Waals surface area contributed by atoms with Crippen LogP contribution in [0.25, 0.3) is 11.1 Å². The maximum atomic E-state index is 13.0. The molecule has 0 spiro atoms.